The zero-order valence-corrected chi connectivity index (χ0v) is 19.0. The quantitative estimate of drug-likeness (QED) is 0.323. The number of nitrogens with zero attached hydrogens (tertiary/aromatic N) is 1. The fourth-order valence-electron chi connectivity index (χ4n) is 3.64. The molecular weight excluding hydrogens is 414 g/mol. The van der Waals surface area contributed by atoms with Gasteiger partial charge in [0.15, 0.2) is 0 Å². The Morgan fingerprint density at radius 3 is 2.45 bits per heavy atom. The van der Waals surface area contributed by atoms with Crippen LogP contribution in [0.4, 0.5) is 17.1 Å². The molecule has 1 heterocycles. The number of anilines is 3. The Kier molecular flexibility index (Phi) is 5.92. The zero-order chi connectivity index (χ0) is 23.6. The maximum atomic E-state index is 12.7. The highest BCUT2D eigenvalue weighted by Crippen LogP contribution is 2.27. The van der Waals surface area contributed by atoms with Crippen molar-refractivity contribution >= 4 is 33.9 Å². The zero-order valence-electron chi connectivity index (χ0n) is 19.0. The molecule has 6 nitrogen and oxygen atoms in total. The van der Waals surface area contributed by atoms with Gasteiger partial charge in [0.2, 0.25) is 0 Å². The molecular formula is C27H27N3O3. The summed E-state index contributed by atoms with van der Waals surface area (Å²) in [7, 11) is 0. The lowest BCUT2D eigenvalue weighted by Gasteiger charge is -2.21. The van der Waals surface area contributed by atoms with Crippen molar-refractivity contribution < 1.29 is 9.53 Å². The summed E-state index contributed by atoms with van der Waals surface area (Å²) in [6, 6.07) is 24.1. The summed E-state index contributed by atoms with van der Waals surface area (Å²) in [5, 5.41) is 4.21. The second kappa shape index (κ2) is 8.82. The number of carbonyl (C=O) groups excluding carboxylic acids is 1. The summed E-state index contributed by atoms with van der Waals surface area (Å²) in [5.74, 6) is -0.449. The summed E-state index contributed by atoms with van der Waals surface area (Å²) in [6.45, 7) is 5.96. The largest absolute Gasteiger partial charge is 0.456 e. The van der Waals surface area contributed by atoms with E-state index in [0.29, 0.717) is 23.5 Å². The van der Waals surface area contributed by atoms with E-state index in [1.165, 1.54) is 0 Å². The summed E-state index contributed by atoms with van der Waals surface area (Å²) < 4.78 is 7.29. The molecule has 0 aliphatic rings. The van der Waals surface area contributed by atoms with Crippen LogP contribution < -0.4 is 16.6 Å². The fraction of sp³-hybridized carbons (Fsp3) is 0.185. The molecule has 0 fully saturated rings. The van der Waals surface area contributed by atoms with Gasteiger partial charge >= 0.3 is 5.97 Å². The first-order valence-corrected chi connectivity index (χ1v) is 10.8. The van der Waals surface area contributed by atoms with Gasteiger partial charge in [0, 0.05) is 22.8 Å². The van der Waals surface area contributed by atoms with Crippen LogP contribution in [0.15, 0.2) is 83.7 Å². The SMILES string of the molecule is CC(C)(C)OC(=O)c1cc(N)ccc1Nc1ccc2c(ccc(=O)n2Cc2ccccc2)c1. The van der Waals surface area contributed by atoms with Crippen molar-refractivity contribution in [1.82, 2.24) is 4.57 Å². The van der Waals surface area contributed by atoms with Gasteiger partial charge in [-0.05, 0) is 68.8 Å². The molecule has 0 saturated carbocycles. The third-order valence-electron chi connectivity index (χ3n) is 5.11. The fourth-order valence-corrected chi connectivity index (χ4v) is 3.64. The van der Waals surface area contributed by atoms with Gasteiger partial charge < -0.3 is 20.4 Å². The van der Waals surface area contributed by atoms with Gasteiger partial charge in [-0.1, -0.05) is 30.3 Å². The summed E-state index contributed by atoms with van der Waals surface area (Å²) in [4.78, 5) is 25.3. The Balaban J connectivity index is 1.68. The summed E-state index contributed by atoms with van der Waals surface area (Å²) in [6.07, 6.45) is 0. The van der Waals surface area contributed by atoms with Gasteiger partial charge in [0.1, 0.15) is 5.60 Å². The third kappa shape index (κ3) is 5.23. The van der Waals surface area contributed by atoms with E-state index in [9.17, 15) is 9.59 Å². The van der Waals surface area contributed by atoms with Crippen LogP contribution in [0.3, 0.4) is 0 Å². The highest BCUT2D eigenvalue weighted by molar-refractivity contribution is 5.98. The lowest BCUT2D eigenvalue weighted by molar-refractivity contribution is 0.00708. The van der Waals surface area contributed by atoms with Crippen LogP contribution in [0.2, 0.25) is 0 Å². The average Bonchev–Trinajstić information content (AvgIpc) is 2.76. The number of aromatic nitrogens is 1. The van der Waals surface area contributed by atoms with E-state index in [0.717, 1.165) is 22.2 Å². The Morgan fingerprint density at radius 2 is 1.73 bits per heavy atom. The van der Waals surface area contributed by atoms with Crippen LogP contribution in [-0.4, -0.2) is 16.1 Å². The van der Waals surface area contributed by atoms with Crippen molar-refractivity contribution in [3.05, 3.63) is 100 Å². The van der Waals surface area contributed by atoms with Crippen LogP contribution in [0.5, 0.6) is 0 Å². The molecule has 0 saturated heterocycles. The topological polar surface area (TPSA) is 86.3 Å². The van der Waals surface area contributed by atoms with E-state index in [4.69, 9.17) is 10.5 Å². The number of nitrogens with one attached hydrogen (secondary N) is 1. The van der Waals surface area contributed by atoms with Crippen LogP contribution in [0.25, 0.3) is 10.9 Å². The molecule has 1 aromatic heterocycles. The maximum absolute atomic E-state index is 12.7. The second-order valence-electron chi connectivity index (χ2n) is 8.95. The molecule has 0 aliphatic carbocycles. The van der Waals surface area contributed by atoms with Crippen LogP contribution in [0.1, 0.15) is 36.7 Å². The number of nitrogen functional groups attached to an aromatic ring is 1. The van der Waals surface area contributed by atoms with E-state index >= 15 is 0 Å². The van der Waals surface area contributed by atoms with E-state index < -0.39 is 11.6 Å². The third-order valence-corrected chi connectivity index (χ3v) is 5.11. The molecule has 0 amide bonds. The normalized spacial score (nSPS) is 11.4. The number of nitrogens with two attached hydrogens (primary N) is 1. The Hall–Kier alpha value is -4.06. The van der Waals surface area contributed by atoms with Crippen molar-refractivity contribution in [1.29, 1.82) is 0 Å². The molecule has 4 aromatic rings. The molecule has 3 N–H and O–H groups in total. The molecule has 168 valence electrons. The minimum Gasteiger partial charge on any atom is -0.456 e. The van der Waals surface area contributed by atoms with E-state index in [-0.39, 0.29) is 5.56 Å². The van der Waals surface area contributed by atoms with Crippen molar-refractivity contribution in [2.45, 2.75) is 32.9 Å². The molecule has 0 atom stereocenters. The first kappa shape index (κ1) is 22.1. The predicted molar refractivity (Wildman–Crippen MR) is 133 cm³/mol. The molecule has 4 rings (SSSR count). The van der Waals surface area contributed by atoms with E-state index in [1.807, 2.05) is 75.4 Å². The summed E-state index contributed by atoms with van der Waals surface area (Å²) >= 11 is 0. The molecule has 0 bridgehead atoms. The van der Waals surface area contributed by atoms with E-state index in [1.54, 1.807) is 28.8 Å². The average molecular weight is 442 g/mol. The van der Waals surface area contributed by atoms with Gasteiger partial charge in [-0.3, -0.25) is 4.79 Å². The van der Waals surface area contributed by atoms with Gasteiger partial charge in [0.25, 0.3) is 5.56 Å². The van der Waals surface area contributed by atoms with Gasteiger partial charge in [0.05, 0.1) is 23.3 Å². The first-order chi connectivity index (χ1) is 15.7. The first-order valence-electron chi connectivity index (χ1n) is 10.8. The number of ether oxygens (including phenoxy) is 1. The van der Waals surface area contributed by atoms with Crippen molar-refractivity contribution in [3.8, 4) is 0 Å². The summed E-state index contributed by atoms with van der Waals surface area (Å²) in [5.41, 5.74) is 9.34. The predicted octanol–water partition coefficient (Wildman–Crippen LogP) is 5.33. The number of rotatable bonds is 5. The standard InChI is InChI=1S/C27H27N3O3/c1-27(2,3)33-26(32)22-16-20(28)10-12-23(22)29-21-11-13-24-19(15-21)9-14-25(31)30(24)17-18-7-5-4-6-8-18/h4-16,29H,17,28H2,1-3H3. The number of pyridine rings is 1. The highest BCUT2D eigenvalue weighted by Gasteiger charge is 2.21. The number of carbonyl (C=O) groups is 1. The van der Waals surface area contributed by atoms with Crippen molar-refractivity contribution in [2.24, 2.45) is 0 Å². The molecule has 0 unspecified atom stereocenters. The van der Waals surface area contributed by atoms with Crippen LogP contribution in [-0.2, 0) is 11.3 Å². The highest BCUT2D eigenvalue weighted by atomic mass is 16.6. The Morgan fingerprint density at radius 1 is 0.970 bits per heavy atom. The molecule has 0 aliphatic heterocycles. The van der Waals surface area contributed by atoms with Gasteiger partial charge in [-0.2, -0.15) is 0 Å². The Bertz CT molecular complexity index is 1370. The number of hydrogen-bond donors (Lipinski definition) is 2. The minimum absolute atomic E-state index is 0.0576. The molecule has 6 heteroatoms. The van der Waals surface area contributed by atoms with Crippen LogP contribution in [0, 0.1) is 0 Å². The van der Waals surface area contributed by atoms with Crippen molar-refractivity contribution in [2.75, 3.05) is 11.1 Å². The van der Waals surface area contributed by atoms with Gasteiger partial charge in [-0.15, -0.1) is 0 Å². The maximum Gasteiger partial charge on any atom is 0.340 e. The molecule has 0 radical (unpaired) electrons. The second-order valence-corrected chi connectivity index (χ2v) is 8.95. The number of esters is 1. The molecule has 33 heavy (non-hydrogen) atoms. The Labute approximate surface area is 192 Å². The lowest BCUT2D eigenvalue weighted by atomic mass is 10.1. The van der Waals surface area contributed by atoms with Gasteiger partial charge in [-0.25, -0.2) is 4.79 Å². The molecule has 3 aromatic carbocycles. The lowest BCUT2D eigenvalue weighted by Crippen LogP contribution is -2.24. The van der Waals surface area contributed by atoms with Crippen molar-refractivity contribution in [3.63, 3.8) is 0 Å². The number of fused-ring (bicyclic) bond motifs is 1. The number of benzene rings is 3. The van der Waals surface area contributed by atoms with Crippen LogP contribution >= 0.6 is 0 Å². The molecule has 0 spiro atoms. The number of hydrogen-bond acceptors (Lipinski definition) is 5. The minimum atomic E-state index is -0.621. The smallest absolute Gasteiger partial charge is 0.340 e. The monoisotopic (exact) mass is 441 g/mol. The van der Waals surface area contributed by atoms with E-state index in [2.05, 4.69) is 5.32 Å².